The summed E-state index contributed by atoms with van der Waals surface area (Å²) in [7, 11) is -2.01. The molecule has 3 saturated carbocycles. The molecule has 19 heavy (non-hydrogen) atoms. The van der Waals surface area contributed by atoms with Crippen LogP contribution in [-0.4, -0.2) is 17.0 Å². The summed E-state index contributed by atoms with van der Waals surface area (Å²) in [6, 6.07) is 0. The van der Waals surface area contributed by atoms with Crippen molar-refractivity contribution in [3.63, 3.8) is 0 Å². The van der Waals surface area contributed by atoms with Crippen LogP contribution in [0.3, 0.4) is 0 Å². The van der Waals surface area contributed by atoms with Crippen molar-refractivity contribution in [1.29, 1.82) is 0 Å². The SMILES string of the molecule is C[C@@H]1[C@H]2C[C@@H](C[C@H]1P1(=O)CC(C)(C)C1(C)C)C2(C)C. The highest BCUT2D eigenvalue weighted by Crippen LogP contribution is 2.83. The molecule has 4 rings (SSSR count). The average Bonchev–Trinajstić information content (AvgIpc) is 2.27. The van der Waals surface area contributed by atoms with E-state index >= 15 is 0 Å². The third kappa shape index (κ3) is 1.42. The van der Waals surface area contributed by atoms with Crippen LogP contribution in [0.5, 0.6) is 0 Å². The molecule has 2 heteroatoms. The molecular weight excluding hydrogens is 251 g/mol. The number of fused-ring (bicyclic) bond motifs is 2. The predicted octanol–water partition coefficient (Wildman–Crippen LogP) is 5.24. The highest BCUT2D eigenvalue weighted by molar-refractivity contribution is 7.68. The molecule has 3 aliphatic carbocycles. The van der Waals surface area contributed by atoms with Crippen molar-refractivity contribution >= 4 is 7.14 Å². The van der Waals surface area contributed by atoms with Crippen LogP contribution >= 0.6 is 7.14 Å². The van der Waals surface area contributed by atoms with E-state index in [1.165, 1.54) is 12.8 Å². The molecule has 1 unspecified atom stereocenters. The first-order chi connectivity index (χ1) is 8.45. The van der Waals surface area contributed by atoms with Crippen molar-refractivity contribution in [2.45, 2.75) is 72.1 Å². The Morgan fingerprint density at radius 3 is 1.95 bits per heavy atom. The highest BCUT2D eigenvalue weighted by Gasteiger charge is 2.69. The Morgan fingerprint density at radius 1 is 1.00 bits per heavy atom. The smallest absolute Gasteiger partial charge is 0.0973 e. The molecule has 0 N–H and O–H groups in total. The second-order valence-electron chi connectivity index (χ2n) is 9.42. The van der Waals surface area contributed by atoms with Crippen LogP contribution in [0.1, 0.15) is 61.3 Å². The van der Waals surface area contributed by atoms with Gasteiger partial charge in [0.25, 0.3) is 0 Å². The van der Waals surface area contributed by atoms with E-state index in [1.807, 2.05) is 0 Å². The summed E-state index contributed by atoms with van der Waals surface area (Å²) in [4.78, 5) is 0. The minimum atomic E-state index is -2.01. The lowest BCUT2D eigenvalue weighted by atomic mass is 9.46. The van der Waals surface area contributed by atoms with Crippen molar-refractivity contribution in [3.05, 3.63) is 0 Å². The summed E-state index contributed by atoms with van der Waals surface area (Å²) >= 11 is 0. The summed E-state index contributed by atoms with van der Waals surface area (Å²) in [6.07, 6.45) is 3.62. The van der Waals surface area contributed by atoms with E-state index < -0.39 is 7.14 Å². The van der Waals surface area contributed by atoms with E-state index in [0.717, 1.165) is 18.0 Å². The van der Waals surface area contributed by atoms with Gasteiger partial charge in [0.05, 0.1) is 7.14 Å². The minimum absolute atomic E-state index is 0.0485. The molecule has 0 radical (unpaired) electrons. The Kier molecular flexibility index (Phi) is 2.62. The summed E-state index contributed by atoms with van der Waals surface area (Å²) in [5.74, 6) is 2.33. The van der Waals surface area contributed by atoms with Crippen LogP contribution in [0.2, 0.25) is 0 Å². The monoisotopic (exact) mass is 282 g/mol. The van der Waals surface area contributed by atoms with Crippen molar-refractivity contribution in [3.8, 4) is 0 Å². The molecule has 2 bridgehead atoms. The predicted molar refractivity (Wildman–Crippen MR) is 83.3 cm³/mol. The summed E-state index contributed by atoms with van der Waals surface area (Å²) in [5.41, 5.74) is 1.30. The van der Waals surface area contributed by atoms with E-state index in [2.05, 4.69) is 48.5 Å². The lowest BCUT2D eigenvalue weighted by molar-refractivity contribution is -0.0979. The maximum absolute atomic E-state index is 13.7. The van der Waals surface area contributed by atoms with E-state index in [4.69, 9.17) is 0 Å². The summed E-state index contributed by atoms with van der Waals surface area (Å²) in [6.45, 7) is 16.4. The van der Waals surface area contributed by atoms with Crippen LogP contribution in [0.4, 0.5) is 0 Å². The van der Waals surface area contributed by atoms with Gasteiger partial charge in [0.1, 0.15) is 0 Å². The van der Waals surface area contributed by atoms with Gasteiger partial charge in [0.2, 0.25) is 0 Å². The van der Waals surface area contributed by atoms with Gasteiger partial charge in [0, 0.05) is 17.0 Å². The number of rotatable bonds is 1. The van der Waals surface area contributed by atoms with Gasteiger partial charge in [0.15, 0.2) is 0 Å². The van der Waals surface area contributed by atoms with Crippen molar-refractivity contribution in [2.24, 2.45) is 28.6 Å². The largest absolute Gasteiger partial charge is 0.323 e. The number of hydrogen-bond acceptors (Lipinski definition) is 1. The maximum Gasteiger partial charge on any atom is 0.0973 e. The first kappa shape index (κ1) is 14.2. The third-order valence-corrected chi connectivity index (χ3v) is 13.6. The molecule has 4 fully saturated rings. The van der Waals surface area contributed by atoms with Gasteiger partial charge in [-0.25, -0.2) is 0 Å². The number of hydrogen-bond donors (Lipinski definition) is 0. The summed E-state index contributed by atoms with van der Waals surface area (Å²) < 4.78 is 13.7. The van der Waals surface area contributed by atoms with Gasteiger partial charge in [-0.2, -0.15) is 0 Å². The van der Waals surface area contributed by atoms with Gasteiger partial charge in [-0.3, -0.25) is 0 Å². The zero-order valence-corrected chi connectivity index (χ0v) is 14.7. The highest BCUT2D eigenvalue weighted by atomic mass is 31.2. The topological polar surface area (TPSA) is 17.1 Å². The molecule has 0 aromatic rings. The molecule has 5 atom stereocenters. The molecule has 4 aliphatic rings. The van der Waals surface area contributed by atoms with E-state index in [-0.39, 0.29) is 10.6 Å². The maximum atomic E-state index is 13.7. The molecule has 1 saturated heterocycles. The molecule has 1 aliphatic heterocycles. The Balaban J connectivity index is 1.89. The fourth-order valence-electron chi connectivity index (χ4n) is 5.60. The third-order valence-electron chi connectivity index (χ3n) is 8.08. The molecule has 0 aromatic carbocycles. The molecule has 0 spiro atoms. The van der Waals surface area contributed by atoms with Crippen molar-refractivity contribution < 1.29 is 4.57 Å². The zero-order valence-electron chi connectivity index (χ0n) is 13.8. The van der Waals surface area contributed by atoms with Crippen LogP contribution in [0.15, 0.2) is 0 Å². The Hall–Kier alpha value is 0.230. The minimum Gasteiger partial charge on any atom is -0.323 e. The second-order valence-corrected chi connectivity index (χ2v) is 13.1. The van der Waals surface area contributed by atoms with Gasteiger partial charge in [-0.05, 0) is 41.4 Å². The van der Waals surface area contributed by atoms with Gasteiger partial charge in [-0.15, -0.1) is 0 Å². The van der Waals surface area contributed by atoms with E-state index in [0.29, 0.717) is 17.0 Å². The lowest BCUT2D eigenvalue weighted by Gasteiger charge is -2.68. The Bertz CT molecular complexity index is 460. The second kappa shape index (κ2) is 3.52. The van der Waals surface area contributed by atoms with Crippen LogP contribution < -0.4 is 0 Å². The van der Waals surface area contributed by atoms with Crippen LogP contribution in [-0.2, 0) is 4.57 Å². The quantitative estimate of drug-likeness (QED) is 0.601. The molecule has 1 heterocycles. The standard InChI is InChI=1S/C17H31OP/c1-11-13-8-12(16(13,4)5)9-14(11)19(18)10-15(2,3)17(19,6)7/h11-14H,8-10H2,1-7H3/t11-,12+,13-,14-,19?/m1/s1. The Morgan fingerprint density at radius 2 is 1.58 bits per heavy atom. The molecule has 0 aromatic heterocycles. The molecule has 110 valence electrons. The van der Waals surface area contributed by atoms with Crippen LogP contribution in [0.25, 0.3) is 0 Å². The van der Waals surface area contributed by atoms with E-state index in [1.54, 1.807) is 0 Å². The molecule has 0 amide bonds. The average molecular weight is 282 g/mol. The fraction of sp³-hybridized carbons (Fsp3) is 1.00. The van der Waals surface area contributed by atoms with E-state index in [9.17, 15) is 4.57 Å². The lowest BCUT2D eigenvalue weighted by Crippen LogP contribution is -2.62. The van der Waals surface area contributed by atoms with Crippen LogP contribution in [0, 0.1) is 28.6 Å². The Labute approximate surface area is 119 Å². The van der Waals surface area contributed by atoms with Gasteiger partial charge >= 0.3 is 0 Å². The van der Waals surface area contributed by atoms with Gasteiger partial charge in [-0.1, -0.05) is 48.5 Å². The van der Waals surface area contributed by atoms with Crippen molar-refractivity contribution in [1.82, 2.24) is 0 Å². The molecule has 1 nitrogen and oxygen atoms in total. The zero-order chi connectivity index (χ0) is 14.4. The first-order valence-corrected chi connectivity index (χ1v) is 10.00. The fourth-order valence-corrected chi connectivity index (χ4v) is 11.0. The van der Waals surface area contributed by atoms with Gasteiger partial charge < -0.3 is 4.57 Å². The normalized spacial score (nSPS) is 53.0. The summed E-state index contributed by atoms with van der Waals surface area (Å²) in [5, 5.41) is 0.0485. The molecular formula is C17H31OP. The first-order valence-electron chi connectivity index (χ1n) is 8.04. The van der Waals surface area contributed by atoms with Crippen molar-refractivity contribution in [2.75, 3.05) is 6.16 Å².